The van der Waals surface area contributed by atoms with Crippen molar-refractivity contribution < 1.29 is 0 Å². The van der Waals surface area contributed by atoms with Gasteiger partial charge in [-0.25, -0.2) is 0 Å². The van der Waals surface area contributed by atoms with E-state index >= 15 is 0 Å². The highest BCUT2D eigenvalue weighted by molar-refractivity contribution is 5.29. The van der Waals surface area contributed by atoms with Crippen molar-refractivity contribution >= 4 is 0 Å². The van der Waals surface area contributed by atoms with Crippen molar-refractivity contribution in [2.75, 3.05) is 0 Å². The van der Waals surface area contributed by atoms with Crippen LogP contribution in [0.25, 0.3) is 0 Å². The third-order valence-electron chi connectivity index (χ3n) is 0.603. The molecule has 0 saturated carbocycles. The lowest BCUT2D eigenvalue weighted by molar-refractivity contribution is 1.50. The summed E-state index contributed by atoms with van der Waals surface area (Å²) in [6, 6.07) is 1.89. The van der Waals surface area contributed by atoms with E-state index in [1.54, 1.807) is 13.8 Å². The van der Waals surface area contributed by atoms with Crippen LogP contribution in [-0.2, 0) is 0 Å². The molecule has 0 amide bonds. The average molecular weight is 105 g/mol. The van der Waals surface area contributed by atoms with Crippen molar-refractivity contribution in [3.8, 4) is 17.9 Å². The van der Waals surface area contributed by atoms with Gasteiger partial charge in [-0.3, -0.25) is 0 Å². The van der Waals surface area contributed by atoms with Crippen molar-refractivity contribution in [1.82, 2.24) is 0 Å². The lowest BCUT2D eigenvalue weighted by Crippen LogP contribution is -1.63. The van der Waals surface area contributed by atoms with Crippen LogP contribution < -0.4 is 0 Å². The summed E-state index contributed by atoms with van der Waals surface area (Å²) in [7, 11) is 0. The Morgan fingerprint density at radius 1 is 1.62 bits per heavy atom. The summed E-state index contributed by atoms with van der Waals surface area (Å²) in [6.45, 7) is 3.55. The van der Waals surface area contributed by atoms with Gasteiger partial charge >= 0.3 is 0 Å². The van der Waals surface area contributed by atoms with Gasteiger partial charge in [-0.15, -0.1) is 5.92 Å². The van der Waals surface area contributed by atoms with Gasteiger partial charge in [0.25, 0.3) is 0 Å². The molecule has 0 fully saturated rings. The number of nitriles is 1. The minimum absolute atomic E-state index is 0.815. The minimum atomic E-state index is 0.815. The third kappa shape index (κ3) is 3.00. The molecule has 8 heavy (non-hydrogen) atoms. The van der Waals surface area contributed by atoms with E-state index in [1.165, 1.54) is 6.08 Å². The molecule has 0 saturated heterocycles. The summed E-state index contributed by atoms with van der Waals surface area (Å²) in [5, 5.41) is 8.07. The zero-order chi connectivity index (χ0) is 6.41. The average Bonchev–Trinajstić information content (AvgIpc) is 1.68. The molecule has 0 aliphatic heterocycles. The van der Waals surface area contributed by atoms with Crippen LogP contribution >= 0.6 is 0 Å². The molecule has 0 aromatic heterocycles. The second-order valence-corrected chi connectivity index (χ2v) is 1.33. The smallest absolute Gasteiger partial charge is 0.0921 e. The lowest BCUT2D eigenvalue weighted by Gasteiger charge is -1.74. The molecule has 0 aliphatic carbocycles. The maximum atomic E-state index is 8.07. The lowest BCUT2D eigenvalue weighted by atomic mass is 10.3. The van der Waals surface area contributed by atoms with Gasteiger partial charge in [-0.05, 0) is 13.8 Å². The van der Waals surface area contributed by atoms with E-state index in [0.717, 1.165) is 5.57 Å². The van der Waals surface area contributed by atoms with Gasteiger partial charge in [0.2, 0.25) is 0 Å². The highest BCUT2D eigenvalue weighted by atomic mass is 14.2. The molecule has 0 unspecified atom stereocenters. The Morgan fingerprint density at radius 3 is 2.62 bits per heavy atom. The molecule has 0 atom stereocenters. The Kier molecular flexibility index (Phi) is 3.36. The topological polar surface area (TPSA) is 23.8 Å². The molecule has 1 heteroatoms. The van der Waals surface area contributed by atoms with Gasteiger partial charge in [0.15, 0.2) is 0 Å². The largest absolute Gasteiger partial charge is 0.193 e. The molecule has 0 aromatic carbocycles. The van der Waals surface area contributed by atoms with E-state index in [2.05, 4.69) is 11.8 Å². The Bertz CT molecular complexity index is 183. The van der Waals surface area contributed by atoms with Crippen LogP contribution in [-0.4, -0.2) is 0 Å². The summed E-state index contributed by atoms with van der Waals surface area (Å²) in [5.41, 5.74) is 0.815. The summed E-state index contributed by atoms with van der Waals surface area (Å²) in [5.74, 6) is 5.42. The van der Waals surface area contributed by atoms with E-state index in [9.17, 15) is 0 Å². The Balaban J connectivity index is 3.99. The van der Waals surface area contributed by atoms with Gasteiger partial charge in [0.05, 0.1) is 6.07 Å². The predicted molar refractivity (Wildman–Crippen MR) is 32.8 cm³/mol. The van der Waals surface area contributed by atoms with Crippen LogP contribution in [0.3, 0.4) is 0 Å². The SMILES string of the molecule is CC#C/C(C)=C/C#N. The number of hydrogen-bond donors (Lipinski definition) is 0. The fourth-order valence-electron chi connectivity index (χ4n) is 0.330. The van der Waals surface area contributed by atoms with Crippen molar-refractivity contribution in [3.63, 3.8) is 0 Å². The monoisotopic (exact) mass is 105 g/mol. The summed E-state index contributed by atoms with van der Waals surface area (Å²) < 4.78 is 0. The van der Waals surface area contributed by atoms with Crippen molar-refractivity contribution in [1.29, 1.82) is 5.26 Å². The molecular weight excluding hydrogens is 98.1 g/mol. The Morgan fingerprint density at radius 2 is 2.25 bits per heavy atom. The summed E-state index contributed by atoms with van der Waals surface area (Å²) in [4.78, 5) is 0. The zero-order valence-corrected chi connectivity index (χ0v) is 5.02. The summed E-state index contributed by atoms with van der Waals surface area (Å²) in [6.07, 6.45) is 1.43. The molecule has 0 aromatic rings. The number of nitrogens with zero attached hydrogens (tertiary/aromatic N) is 1. The highest BCUT2D eigenvalue weighted by Gasteiger charge is 1.73. The number of allylic oxidation sites excluding steroid dienone is 2. The molecule has 0 N–H and O–H groups in total. The van der Waals surface area contributed by atoms with Crippen LogP contribution in [0.2, 0.25) is 0 Å². The summed E-state index contributed by atoms with van der Waals surface area (Å²) >= 11 is 0. The van der Waals surface area contributed by atoms with Gasteiger partial charge in [0.1, 0.15) is 0 Å². The standard InChI is InChI=1S/C7H7N/c1-3-4-7(2)5-6-8/h5H,1-2H3/b7-5+. The van der Waals surface area contributed by atoms with Crippen LogP contribution in [0, 0.1) is 23.2 Å². The molecule has 0 heterocycles. The maximum absolute atomic E-state index is 8.07. The fourth-order valence-corrected chi connectivity index (χ4v) is 0.330. The highest BCUT2D eigenvalue weighted by Crippen LogP contribution is 1.84. The first-order valence-corrected chi connectivity index (χ1v) is 2.30. The second-order valence-electron chi connectivity index (χ2n) is 1.33. The number of rotatable bonds is 0. The normalized spacial score (nSPS) is 8.88. The van der Waals surface area contributed by atoms with Crippen LogP contribution in [0.5, 0.6) is 0 Å². The fraction of sp³-hybridized carbons (Fsp3) is 0.286. The van der Waals surface area contributed by atoms with E-state index in [0.29, 0.717) is 0 Å². The quantitative estimate of drug-likeness (QED) is 0.338. The molecule has 1 nitrogen and oxygen atoms in total. The second kappa shape index (κ2) is 3.96. The van der Waals surface area contributed by atoms with E-state index in [1.807, 2.05) is 6.07 Å². The maximum Gasteiger partial charge on any atom is 0.0921 e. The molecular formula is C7H7N. The molecule has 40 valence electrons. The van der Waals surface area contributed by atoms with Gasteiger partial charge in [-0.1, -0.05) is 5.92 Å². The molecule has 0 rings (SSSR count). The first kappa shape index (κ1) is 6.79. The van der Waals surface area contributed by atoms with Crippen molar-refractivity contribution in [2.24, 2.45) is 0 Å². The van der Waals surface area contributed by atoms with Crippen molar-refractivity contribution in [2.45, 2.75) is 13.8 Å². The first-order chi connectivity index (χ1) is 3.81. The zero-order valence-electron chi connectivity index (χ0n) is 5.02. The molecule has 0 bridgehead atoms. The van der Waals surface area contributed by atoms with Crippen LogP contribution in [0.15, 0.2) is 11.6 Å². The molecule has 0 spiro atoms. The third-order valence-corrected chi connectivity index (χ3v) is 0.603. The van der Waals surface area contributed by atoms with Gasteiger partial charge in [-0.2, -0.15) is 5.26 Å². The Hall–Kier alpha value is -1.21. The van der Waals surface area contributed by atoms with E-state index < -0.39 is 0 Å². The molecule has 0 aliphatic rings. The van der Waals surface area contributed by atoms with Gasteiger partial charge < -0.3 is 0 Å². The number of hydrogen-bond acceptors (Lipinski definition) is 1. The van der Waals surface area contributed by atoms with E-state index in [4.69, 9.17) is 5.26 Å². The van der Waals surface area contributed by atoms with Gasteiger partial charge in [0, 0.05) is 11.6 Å². The van der Waals surface area contributed by atoms with Crippen LogP contribution in [0.4, 0.5) is 0 Å². The minimum Gasteiger partial charge on any atom is -0.193 e. The van der Waals surface area contributed by atoms with Crippen LogP contribution in [0.1, 0.15) is 13.8 Å². The first-order valence-electron chi connectivity index (χ1n) is 2.30. The van der Waals surface area contributed by atoms with E-state index in [-0.39, 0.29) is 0 Å². The molecule has 0 radical (unpaired) electrons. The van der Waals surface area contributed by atoms with Crippen molar-refractivity contribution in [3.05, 3.63) is 11.6 Å². The predicted octanol–water partition coefficient (Wildman–Crippen LogP) is 1.48. The Labute approximate surface area is 49.6 Å².